The Bertz CT molecular complexity index is 413. The fraction of sp³-hybridized carbons (Fsp3) is 0. The smallest absolute Gasteiger partial charge is 0.257 e. The van der Waals surface area contributed by atoms with Crippen molar-refractivity contribution in [3.63, 3.8) is 0 Å². The molecule has 5 heteroatoms. The van der Waals surface area contributed by atoms with Gasteiger partial charge in [0, 0.05) is 29.5 Å². The second kappa shape index (κ2) is 3.97. The van der Waals surface area contributed by atoms with Gasteiger partial charge in [-0.25, -0.2) is 4.98 Å². The average molecular weight is 205 g/mol. The van der Waals surface area contributed by atoms with Crippen molar-refractivity contribution in [3.8, 4) is 0 Å². The van der Waals surface area contributed by atoms with E-state index in [1.165, 1.54) is 11.3 Å². The summed E-state index contributed by atoms with van der Waals surface area (Å²) in [4.78, 5) is 19.3. The highest BCUT2D eigenvalue weighted by Gasteiger charge is 2.05. The molecule has 1 N–H and O–H groups in total. The first-order valence-electron chi connectivity index (χ1n) is 3.97. The van der Waals surface area contributed by atoms with Gasteiger partial charge in [0.25, 0.3) is 5.91 Å². The van der Waals surface area contributed by atoms with Crippen molar-refractivity contribution in [2.75, 3.05) is 5.32 Å². The molecule has 0 spiro atoms. The first kappa shape index (κ1) is 8.83. The van der Waals surface area contributed by atoms with Gasteiger partial charge in [-0.1, -0.05) is 0 Å². The third-order valence-electron chi connectivity index (χ3n) is 1.60. The van der Waals surface area contributed by atoms with E-state index in [1.54, 1.807) is 30.7 Å². The maximum atomic E-state index is 11.5. The summed E-state index contributed by atoms with van der Waals surface area (Å²) in [6, 6.07) is 3.31. The highest BCUT2D eigenvalue weighted by atomic mass is 32.1. The Labute approximate surface area is 84.6 Å². The van der Waals surface area contributed by atoms with Crippen LogP contribution in [0.15, 0.2) is 36.1 Å². The van der Waals surface area contributed by atoms with Gasteiger partial charge in [0.1, 0.15) is 0 Å². The van der Waals surface area contributed by atoms with Gasteiger partial charge in [-0.15, -0.1) is 11.3 Å². The Kier molecular flexibility index (Phi) is 2.51. The van der Waals surface area contributed by atoms with Crippen LogP contribution in [0.3, 0.4) is 0 Å². The fourth-order valence-corrected chi connectivity index (χ4v) is 1.48. The van der Waals surface area contributed by atoms with Crippen LogP contribution in [0.4, 0.5) is 5.13 Å². The molecule has 0 radical (unpaired) electrons. The molecule has 0 aliphatic heterocycles. The van der Waals surface area contributed by atoms with E-state index in [2.05, 4.69) is 15.3 Å². The lowest BCUT2D eigenvalue weighted by Crippen LogP contribution is -2.11. The number of carbonyl (C=O) groups is 1. The molecular formula is C9H7N3OS. The molecule has 2 aromatic heterocycles. The third kappa shape index (κ3) is 1.94. The molecule has 0 unspecified atom stereocenters. The van der Waals surface area contributed by atoms with Gasteiger partial charge < -0.3 is 0 Å². The summed E-state index contributed by atoms with van der Waals surface area (Å²) in [6.07, 6.45) is 4.81. The molecule has 0 atom stereocenters. The van der Waals surface area contributed by atoms with Crippen LogP contribution in [0.2, 0.25) is 0 Å². The average Bonchev–Trinajstić information content (AvgIpc) is 2.72. The van der Waals surface area contributed by atoms with Crippen LogP contribution in [0.25, 0.3) is 0 Å². The molecule has 2 rings (SSSR count). The van der Waals surface area contributed by atoms with Crippen molar-refractivity contribution >= 4 is 22.4 Å². The Morgan fingerprint density at radius 3 is 2.71 bits per heavy atom. The number of amides is 1. The lowest BCUT2D eigenvalue weighted by molar-refractivity contribution is 0.102. The summed E-state index contributed by atoms with van der Waals surface area (Å²) < 4.78 is 0. The maximum Gasteiger partial charge on any atom is 0.257 e. The fourth-order valence-electron chi connectivity index (χ4n) is 0.958. The molecule has 0 fully saturated rings. The maximum absolute atomic E-state index is 11.5. The number of thiazole rings is 1. The lowest BCUT2D eigenvalue weighted by Gasteiger charge is -1.99. The van der Waals surface area contributed by atoms with Crippen molar-refractivity contribution in [1.29, 1.82) is 0 Å². The molecule has 0 aliphatic carbocycles. The van der Waals surface area contributed by atoms with Gasteiger partial charge in [-0.2, -0.15) is 0 Å². The first-order valence-corrected chi connectivity index (χ1v) is 4.85. The zero-order valence-electron chi connectivity index (χ0n) is 7.18. The van der Waals surface area contributed by atoms with E-state index < -0.39 is 0 Å². The van der Waals surface area contributed by atoms with Crippen LogP contribution in [0, 0.1) is 0 Å². The summed E-state index contributed by atoms with van der Waals surface area (Å²) in [7, 11) is 0. The number of hydrogen-bond donors (Lipinski definition) is 1. The molecule has 14 heavy (non-hydrogen) atoms. The van der Waals surface area contributed by atoms with Gasteiger partial charge in [0.15, 0.2) is 5.13 Å². The van der Waals surface area contributed by atoms with Crippen LogP contribution in [0.5, 0.6) is 0 Å². The van der Waals surface area contributed by atoms with E-state index in [0.29, 0.717) is 10.7 Å². The minimum Gasteiger partial charge on any atom is -0.298 e. The van der Waals surface area contributed by atoms with Crippen LogP contribution in [-0.4, -0.2) is 15.9 Å². The number of hydrogen-bond acceptors (Lipinski definition) is 4. The van der Waals surface area contributed by atoms with Gasteiger partial charge in [-0.05, 0) is 12.1 Å². The van der Waals surface area contributed by atoms with Gasteiger partial charge in [0.2, 0.25) is 0 Å². The van der Waals surface area contributed by atoms with Crippen molar-refractivity contribution < 1.29 is 4.79 Å². The number of pyridine rings is 1. The second-order valence-corrected chi connectivity index (χ2v) is 3.42. The Morgan fingerprint density at radius 2 is 2.07 bits per heavy atom. The molecule has 0 saturated carbocycles. The van der Waals surface area contributed by atoms with E-state index in [-0.39, 0.29) is 5.91 Å². The first-order chi connectivity index (χ1) is 6.86. The zero-order chi connectivity index (χ0) is 9.80. The Balaban J connectivity index is 2.11. The number of nitrogens with zero attached hydrogens (tertiary/aromatic N) is 2. The van der Waals surface area contributed by atoms with E-state index in [1.807, 2.05) is 5.38 Å². The summed E-state index contributed by atoms with van der Waals surface area (Å²) >= 11 is 1.39. The lowest BCUT2D eigenvalue weighted by atomic mass is 10.2. The van der Waals surface area contributed by atoms with Crippen molar-refractivity contribution in [3.05, 3.63) is 41.7 Å². The standard InChI is InChI=1S/C9H7N3OS/c13-8(7-1-3-10-4-2-7)12-9-11-5-6-14-9/h1-6H,(H,11,12,13). The molecule has 2 aromatic rings. The molecule has 4 nitrogen and oxygen atoms in total. The van der Waals surface area contributed by atoms with Gasteiger partial charge in [0.05, 0.1) is 0 Å². The monoisotopic (exact) mass is 205 g/mol. The van der Waals surface area contributed by atoms with E-state index in [0.717, 1.165) is 0 Å². The molecule has 70 valence electrons. The molecular weight excluding hydrogens is 198 g/mol. The number of anilines is 1. The predicted molar refractivity (Wildman–Crippen MR) is 54.3 cm³/mol. The molecule has 2 heterocycles. The van der Waals surface area contributed by atoms with Crippen molar-refractivity contribution in [2.24, 2.45) is 0 Å². The Morgan fingerprint density at radius 1 is 1.29 bits per heavy atom. The van der Waals surface area contributed by atoms with Crippen LogP contribution >= 0.6 is 11.3 Å². The summed E-state index contributed by atoms with van der Waals surface area (Å²) in [5.74, 6) is -0.164. The zero-order valence-corrected chi connectivity index (χ0v) is 7.99. The molecule has 0 bridgehead atoms. The summed E-state index contributed by atoms with van der Waals surface area (Å²) in [5.41, 5.74) is 0.579. The predicted octanol–water partition coefficient (Wildman–Crippen LogP) is 1.79. The third-order valence-corrected chi connectivity index (χ3v) is 2.28. The number of rotatable bonds is 2. The molecule has 0 saturated heterocycles. The van der Waals surface area contributed by atoms with Crippen LogP contribution < -0.4 is 5.32 Å². The SMILES string of the molecule is O=C(Nc1nccs1)c1ccncc1. The largest absolute Gasteiger partial charge is 0.298 e. The van der Waals surface area contributed by atoms with Gasteiger partial charge >= 0.3 is 0 Å². The Hall–Kier alpha value is -1.75. The second-order valence-electron chi connectivity index (χ2n) is 2.53. The minimum absolute atomic E-state index is 0.164. The summed E-state index contributed by atoms with van der Waals surface area (Å²) in [5, 5.41) is 5.09. The highest BCUT2D eigenvalue weighted by Crippen LogP contribution is 2.11. The van der Waals surface area contributed by atoms with E-state index >= 15 is 0 Å². The minimum atomic E-state index is -0.164. The topological polar surface area (TPSA) is 54.9 Å². The van der Waals surface area contributed by atoms with Gasteiger partial charge in [-0.3, -0.25) is 15.1 Å². The number of nitrogens with one attached hydrogen (secondary N) is 1. The molecule has 0 aliphatic rings. The number of aromatic nitrogens is 2. The normalized spacial score (nSPS) is 9.71. The van der Waals surface area contributed by atoms with E-state index in [4.69, 9.17) is 0 Å². The quantitative estimate of drug-likeness (QED) is 0.813. The van der Waals surface area contributed by atoms with E-state index in [9.17, 15) is 4.79 Å². The summed E-state index contributed by atoms with van der Waals surface area (Å²) in [6.45, 7) is 0. The van der Waals surface area contributed by atoms with Crippen molar-refractivity contribution in [2.45, 2.75) is 0 Å². The molecule has 0 aromatic carbocycles. The van der Waals surface area contributed by atoms with Crippen LogP contribution in [0.1, 0.15) is 10.4 Å². The molecule has 1 amide bonds. The highest BCUT2D eigenvalue weighted by molar-refractivity contribution is 7.13. The van der Waals surface area contributed by atoms with Crippen molar-refractivity contribution in [1.82, 2.24) is 9.97 Å². The number of carbonyl (C=O) groups excluding carboxylic acids is 1. The van der Waals surface area contributed by atoms with Crippen LogP contribution in [-0.2, 0) is 0 Å².